The highest BCUT2D eigenvalue weighted by molar-refractivity contribution is 5.64. The third-order valence-electron chi connectivity index (χ3n) is 5.58. The van der Waals surface area contributed by atoms with E-state index in [4.69, 9.17) is 19.3 Å². The van der Waals surface area contributed by atoms with Crippen molar-refractivity contribution < 1.29 is 24.4 Å². The number of unbranched alkanes of at least 4 members (excludes halogenated alkanes) is 8. The monoisotopic (exact) mass is 458 g/mol. The van der Waals surface area contributed by atoms with E-state index in [0.717, 1.165) is 35.7 Å². The quantitative estimate of drug-likeness (QED) is 0.252. The van der Waals surface area contributed by atoms with E-state index in [1.54, 1.807) is 0 Å². The van der Waals surface area contributed by atoms with Gasteiger partial charge in [0.1, 0.15) is 24.2 Å². The summed E-state index contributed by atoms with van der Waals surface area (Å²) in [6.07, 6.45) is 11.0. The summed E-state index contributed by atoms with van der Waals surface area (Å²) < 4.78 is 16.8. The Morgan fingerprint density at radius 1 is 0.636 bits per heavy atom. The molecule has 1 atom stereocenters. The molecule has 5 heteroatoms. The van der Waals surface area contributed by atoms with Crippen LogP contribution in [0.2, 0.25) is 0 Å². The highest BCUT2D eigenvalue weighted by Gasteiger charge is 2.03. The van der Waals surface area contributed by atoms with E-state index in [9.17, 15) is 5.11 Å². The fourth-order valence-corrected chi connectivity index (χ4v) is 3.58. The standard InChI is InChI=1S/C28H42O5/c1-2-3-4-5-6-7-8-9-10-19-32-27-15-11-24(12-16-27)25-13-17-28(18-14-25)33-21-20-31-23-26(30)22-29/h11-18,26,29-30H,2-10,19-23H2,1H3. The molecule has 0 spiro atoms. The van der Waals surface area contributed by atoms with Gasteiger partial charge in [-0.3, -0.25) is 0 Å². The van der Waals surface area contributed by atoms with Gasteiger partial charge in [0.15, 0.2) is 0 Å². The van der Waals surface area contributed by atoms with Gasteiger partial charge in [0.2, 0.25) is 0 Å². The lowest BCUT2D eigenvalue weighted by Gasteiger charge is -2.10. The molecule has 0 bridgehead atoms. The van der Waals surface area contributed by atoms with Crippen molar-refractivity contribution in [1.82, 2.24) is 0 Å². The summed E-state index contributed by atoms with van der Waals surface area (Å²) in [6, 6.07) is 16.2. The summed E-state index contributed by atoms with van der Waals surface area (Å²) >= 11 is 0. The summed E-state index contributed by atoms with van der Waals surface area (Å²) in [4.78, 5) is 0. The van der Waals surface area contributed by atoms with Crippen LogP contribution >= 0.6 is 0 Å². The summed E-state index contributed by atoms with van der Waals surface area (Å²) in [5.41, 5.74) is 2.26. The molecule has 1 unspecified atom stereocenters. The number of ether oxygens (including phenoxy) is 3. The second-order valence-electron chi connectivity index (χ2n) is 8.49. The lowest BCUT2D eigenvalue weighted by atomic mass is 10.1. The van der Waals surface area contributed by atoms with Crippen LogP contribution in [0.4, 0.5) is 0 Å². The lowest BCUT2D eigenvalue weighted by molar-refractivity contribution is -0.00138. The van der Waals surface area contributed by atoms with Crippen LogP contribution in [-0.4, -0.2) is 49.4 Å². The normalized spacial score (nSPS) is 12.0. The van der Waals surface area contributed by atoms with Crippen molar-refractivity contribution in [3.05, 3.63) is 48.5 Å². The van der Waals surface area contributed by atoms with Gasteiger partial charge in [0, 0.05) is 0 Å². The average Bonchev–Trinajstić information content (AvgIpc) is 2.85. The highest BCUT2D eigenvalue weighted by Crippen LogP contribution is 2.25. The van der Waals surface area contributed by atoms with Crippen LogP contribution in [-0.2, 0) is 4.74 Å². The number of benzene rings is 2. The minimum absolute atomic E-state index is 0.109. The molecule has 0 aliphatic rings. The van der Waals surface area contributed by atoms with Crippen LogP contribution in [0.15, 0.2) is 48.5 Å². The molecule has 0 fully saturated rings. The van der Waals surface area contributed by atoms with Gasteiger partial charge >= 0.3 is 0 Å². The van der Waals surface area contributed by atoms with Gasteiger partial charge in [0.25, 0.3) is 0 Å². The predicted molar refractivity (Wildman–Crippen MR) is 134 cm³/mol. The molecule has 2 rings (SSSR count). The van der Waals surface area contributed by atoms with Gasteiger partial charge in [-0.25, -0.2) is 0 Å². The molecule has 0 aromatic heterocycles. The largest absolute Gasteiger partial charge is 0.494 e. The zero-order valence-electron chi connectivity index (χ0n) is 20.2. The number of hydrogen-bond acceptors (Lipinski definition) is 5. The molecule has 5 nitrogen and oxygen atoms in total. The Bertz CT molecular complexity index is 714. The summed E-state index contributed by atoms with van der Waals surface area (Å²) in [5, 5.41) is 18.0. The zero-order valence-corrected chi connectivity index (χ0v) is 20.2. The number of hydrogen-bond donors (Lipinski definition) is 2. The number of aliphatic hydroxyl groups excluding tert-OH is 2. The number of rotatable bonds is 19. The van der Waals surface area contributed by atoms with Crippen LogP contribution < -0.4 is 9.47 Å². The first kappa shape index (κ1) is 27.2. The minimum Gasteiger partial charge on any atom is -0.494 e. The number of aliphatic hydroxyl groups is 2. The van der Waals surface area contributed by atoms with Crippen molar-refractivity contribution in [3.8, 4) is 22.6 Å². The molecule has 184 valence electrons. The van der Waals surface area contributed by atoms with E-state index in [2.05, 4.69) is 19.1 Å². The van der Waals surface area contributed by atoms with Gasteiger partial charge in [-0.05, 0) is 41.8 Å². The summed E-state index contributed by atoms with van der Waals surface area (Å²) in [5.74, 6) is 1.69. The van der Waals surface area contributed by atoms with Gasteiger partial charge in [-0.2, -0.15) is 0 Å². The topological polar surface area (TPSA) is 68.2 Å². The van der Waals surface area contributed by atoms with Gasteiger partial charge < -0.3 is 24.4 Å². The first-order valence-corrected chi connectivity index (χ1v) is 12.6. The first-order valence-electron chi connectivity index (χ1n) is 12.6. The molecule has 0 saturated heterocycles. The Morgan fingerprint density at radius 2 is 1.12 bits per heavy atom. The Hall–Kier alpha value is -2.08. The van der Waals surface area contributed by atoms with E-state index in [1.807, 2.05) is 36.4 Å². The average molecular weight is 459 g/mol. The van der Waals surface area contributed by atoms with Crippen LogP contribution in [0.25, 0.3) is 11.1 Å². The predicted octanol–water partition coefficient (Wildman–Crippen LogP) is 6.01. The molecule has 2 N–H and O–H groups in total. The van der Waals surface area contributed by atoms with E-state index in [1.165, 1.54) is 51.4 Å². The van der Waals surface area contributed by atoms with Crippen molar-refractivity contribution in [2.45, 2.75) is 70.8 Å². The first-order chi connectivity index (χ1) is 16.2. The van der Waals surface area contributed by atoms with Crippen molar-refractivity contribution in [3.63, 3.8) is 0 Å². The van der Waals surface area contributed by atoms with Crippen LogP contribution in [0.1, 0.15) is 64.7 Å². The van der Waals surface area contributed by atoms with E-state index >= 15 is 0 Å². The third kappa shape index (κ3) is 12.1. The van der Waals surface area contributed by atoms with Crippen molar-refractivity contribution in [2.24, 2.45) is 0 Å². The Kier molecular flexibility index (Phi) is 14.3. The van der Waals surface area contributed by atoms with E-state index in [-0.39, 0.29) is 13.2 Å². The Balaban J connectivity index is 1.60. The van der Waals surface area contributed by atoms with Crippen molar-refractivity contribution >= 4 is 0 Å². The van der Waals surface area contributed by atoms with Crippen LogP contribution in [0.3, 0.4) is 0 Å². The SMILES string of the molecule is CCCCCCCCCCCOc1ccc(-c2ccc(OCCOCC(O)CO)cc2)cc1. The van der Waals surface area contributed by atoms with Crippen molar-refractivity contribution in [1.29, 1.82) is 0 Å². The molecule has 0 heterocycles. The maximum atomic E-state index is 9.22. The summed E-state index contributed by atoms with van der Waals surface area (Å²) in [7, 11) is 0. The lowest BCUT2D eigenvalue weighted by Crippen LogP contribution is -2.21. The second-order valence-corrected chi connectivity index (χ2v) is 8.49. The second kappa shape index (κ2) is 17.4. The molecule has 0 aliphatic heterocycles. The Morgan fingerprint density at radius 3 is 1.64 bits per heavy atom. The van der Waals surface area contributed by atoms with Crippen molar-refractivity contribution in [2.75, 3.05) is 33.0 Å². The maximum Gasteiger partial charge on any atom is 0.119 e. The minimum atomic E-state index is -0.837. The smallest absolute Gasteiger partial charge is 0.119 e. The van der Waals surface area contributed by atoms with E-state index in [0.29, 0.717) is 13.2 Å². The highest BCUT2D eigenvalue weighted by atomic mass is 16.5. The molecule has 0 amide bonds. The fraction of sp³-hybridized carbons (Fsp3) is 0.571. The molecule has 33 heavy (non-hydrogen) atoms. The van der Waals surface area contributed by atoms with Gasteiger partial charge in [-0.1, -0.05) is 82.6 Å². The summed E-state index contributed by atoms with van der Waals surface area (Å²) in [6.45, 7) is 3.61. The van der Waals surface area contributed by atoms with E-state index < -0.39 is 6.10 Å². The molecule has 0 radical (unpaired) electrons. The van der Waals surface area contributed by atoms with Crippen LogP contribution in [0.5, 0.6) is 11.5 Å². The van der Waals surface area contributed by atoms with Crippen LogP contribution in [0, 0.1) is 0 Å². The molecule has 2 aromatic rings. The third-order valence-corrected chi connectivity index (χ3v) is 5.58. The maximum absolute atomic E-state index is 9.22. The molecular weight excluding hydrogens is 416 g/mol. The zero-order chi connectivity index (χ0) is 23.6. The molecular formula is C28H42O5. The fourth-order valence-electron chi connectivity index (χ4n) is 3.58. The molecule has 2 aromatic carbocycles. The Labute approximate surface area is 199 Å². The van der Waals surface area contributed by atoms with Gasteiger partial charge in [0.05, 0.1) is 26.4 Å². The van der Waals surface area contributed by atoms with Gasteiger partial charge in [-0.15, -0.1) is 0 Å². The molecule has 0 saturated carbocycles. The molecule has 0 aliphatic carbocycles.